The third-order valence-electron chi connectivity index (χ3n) is 6.42. The van der Waals surface area contributed by atoms with Crippen LogP contribution in [0.25, 0.3) is 10.2 Å². The Morgan fingerprint density at radius 1 is 1.16 bits per heavy atom. The van der Waals surface area contributed by atoms with Crippen molar-refractivity contribution in [2.24, 2.45) is 7.05 Å². The van der Waals surface area contributed by atoms with E-state index in [1.54, 1.807) is 6.07 Å². The fourth-order valence-electron chi connectivity index (χ4n) is 5.03. The number of rotatable bonds is 4. The van der Waals surface area contributed by atoms with E-state index in [2.05, 4.69) is 31.5 Å². The number of hydrogen-bond acceptors (Lipinski definition) is 6. The summed E-state index contributed by atoms with van der Waals surface area (Å²) in [4.78, 5) is 11.8. The van der Waals surface area contributed by atoms with Crippen LogP contribution in [-0.4, -0.2) is 45.1 Å². The maximum absolute atomic E-state index is 12.9. The highest BCUT2D eigenvalue weighted by Gasteiger charge is 2.30. The standard InChI is InChI=1S/C22H27F3N6S/c1-30-12-17-18(5-2-6-19(17)29-30)28-14-4-3-8-31(9-7-14)20-16-10-15(11-22(23,24)25)32-21(16)27-13-26-20/h10,12-14,18,28H,2-9,11H2,1H3/t14-,18+/m0/s1. The van der Waals surface area contributed by atoms with Gasteiger partial charge in [-0.3, -0.25) is 4.68 Å². The fourth-order valence-corrected chi connectivity index (χ4v) is 6.05. The number of thiophene rings is 1. The van der Waals surface area contributed by atoms with Crippen LogP contribution >= 0.6 is 11.3 Å². The van der Waals surface area contributed by atoms with Crippen LogP contribution in [0.2, 0.25) is 0 Å². The van der Waals surface area contributed by atoms with Crippen molar-refractivity contribution in [2.75, 3.05) is 18.0 Å². The van der Waals surface area contributed by atoms with Crippen LogP contribution in [0.15, 0.2) is 18.6 Å². The maximum atomic E-state index is 12.9. The van der Waals surface area contributed by atoms with Crippen molar-refractivity contribution in [3.05, 3.63) is 34.7 Å². The summed E-state index contributed by atoms with van der Waals surface area (Å²) in [5, 5.41) is 9.21. The van der Waals surface area contributed by atoms with Gasteiger partial charge in [0.05, 0.1) is 17.5 Å². The average Bonchev–Trinajstić information content (AvgIpc) is 3.22. The van der Waals surface area contributed by atoms with E-state index in [-0.39, 0.29) is 4.88 Å². The first-order valence-electron chi connectivity index (χ1n) is 11.2. The minimum atomic E-state index is -4.22. The van der Waals surface area contributed by atoms with Gasteiger partial charge in [-0.05, 0) is 44.6 Å². The molecule has 1 saturated heterocycles. The number of aromatic nitrogens is 4. The van der Waals surface area contributed by atoms with Gasteiger partial charge in [0, 0.05) is 48.9 Å². The Morgan fingerprint density at radius 3 is 2.88 bits per heavy atom. The lowest BCUT2D eigenvalue weighted by Gasteiger charge is -2.28. The Hall–Kier alpha value is -2.20. The first kappa shape index (κ1) is 21.6. The lowest BCUT2D eigenvalue weighted by molar-refractivity contribution is -0.126. The molecule has 4 heterocycles. The molecule has 2 atom stereocenters. The van der Waals surface area contributed by atoms with Gasteiger partial charge in [0.15, 0.2) is 0 Å². The van der Waals surface area contributed by atoms with Gasteiger partial charge < -0.3 is 10.2 Å². The average molecular weight is 465 g/mol. The molecule has 0 aromatic carbocycles. The Morgan fingerprint density at radius 2 is 2.03 bits per heavy atom. The third kappa shape index (κ3) is 4.61. The smallest absolute Gasteiger partial charge is 0.356 e. The Bertz CT molecular complexity index is 1090. The van der Waals surface area contributed by atoms with Crippen molar-refractivity contribution in [3.63, 3.8) is 0 Å². The topological polar surface area (TPSA) is 58.9 Å². The maximum Gasteiger partial charge on any atom is 0.393 e. The second-order valence-electron chi connectivity index (χ2n) is 8.85. The van der Waals surface area contributed by atoms with Crippen LogP contribution in [0.4, 0.5) is 19.0 Å². The normalized spacial score (nSPS) is 22.2. The first-order chi connectivity index (χ1) is 15.4. The zero-order chi connectivity index (χ0) is 22.3. The van der Waals surface area contributed by atoms with Crippen LogP contribution in [0.5, 0.6) is 0 Å². The third-order valence-corrected chi connectivity index (χ3v) is 7.46. The van der Waals surface area contributed by atoms with Crippen molar-refractivity contribution < 1.29 is 13.2 Å². The van der Waals surface area contributed by atoms with E-state index < -0.39 is 12.6 Å². The van der Waals surface area contributed by atoms with Gasteiger partial charge >= 0.3 is 6.18 Å². The van der Waals surface area contributed by atoms with Crippen LogP contribution in [0.3, 0.4) is 0 Å². The van der Waals surface area contributed by atoms with Gasteiger partial charge in [-0.15, -0.1) is 11.3 Å². The molecule has 2 aliphatic rings. The summed E-state index contributed by atoms with van der Waals surface area (Å²) in [5.74, 6) is 0.757. The van der Waals surface area contributed by atoms with E-state index in [4.69, 9.17) is 0 Å². The zero-order valence-electron chi connectivity index (χ0n) is 18.0. The quantitative estimate of drug-likeness (QED) is 0.614. The highest BCUT2D eigenvalue weighted by Crippen LogP contribution is 2.35. The van der Waals surface area contributed by atoms with Crippen molar-refractivity contribution in [2.45, 2.75) is 63.2 Å². The summed E-state index contributed by atoms with van der Waals surface area (Å²) in [6.45, 7) is 1.67. The van der Waals surface area contributed by atoms with Gasteiger partial charge in [-0.25, -0.2) is 9.97 Å². The summed E-state index contributed by atoms with van der Waals surface area (Å²) in [7, 11) is 1.98. The van der Waals surface area contributed by atoms with Gasteiger partial charge in [0.25, 0.3) is 0 Å². The summed E-state index contributed by atoms with van der Waals surface area (Å²) < 4.78 is 40.5. The lowest BCUT2D eigenvalue weighted by atomic mass is 9.92. The molecule has 0 amide bonds. The van der Waals surface area contributed by atoms with Gasteiger partial charge in [-0.2, -0.15) is 18.3 Å². The summed E-state index contributed by atoms with van der Waals surface area (Å²) >= 11 is 1.11. The number of alkyl halides is 3. The predicted octanol–water partition coefficient (Wildman–Crippen LogP) is 4.56. The number of fused-ring (bicyclic) bond motifs is 2. The van der Waals surface area contributed by atoms with Gasteiger partial charge in [-0.1, -0.05) is 0 Å². The number of hydrogen-bond donors (Lipinski definition) is 1. The van der Waals surface area contributed by atoms with E-state index in [1.807, 2.05) is 11.7 Å². The van der Waals surface area contributed by atoms with Crippen LogP contribution in [-0.2, 0) is 19.9 Å². The Balaban J connectivity index is 1.29. The number of anilines is 1. The molecule has 32 heavy (non-hydrogen) atoms. The molecule has 0 saturated carbocycles. The molecule has 0 bridgehead atoms. The van der Waals surface area contributed by atoms with E-state index in [9.17, 15) is 13.2 Å². The molecule has 0 spiro atoms. The monoisotopic (exact) mass is 464 g/mol. The SMILES string of the molecule is Cn1cc2c(n1)CCC[C@H]2N[C@H]1CCCN(c2ncnc3sc(CC(F)(F)F)cc23)CC1. The molecule has 1 fully saturated rings. The number of aryl methyl sites for hydroxylation is 2. The predicted molar refractivity (Wildman–Crippen MR) is 119 cm³/mol. The molecular formula is C22H27F3N6S. The molecule has 5 rings (SSSR count). The zero-order valence-corrected chi connectivity index (χ0v) is 18.8. The summed E-state index contributed by atoms with van der Waals surface area (Å²) in [6.07, 6.45) is 4.85. The summed E-state index contributed by atoms with van der Waals surface area (Å²) in [5.41, 5.74) is 2.54. The van der Waals surface area contributed by atoms with Crippen molar-refractivity contribution >= 4 is 27.4 Å². The number of nitrogens with zero attached hydrogens (tertiary/aromatic N) is 5. The molecule has 0 unspecified atom stereocenters. The van der Waals surface area contributed by atoms with Crippen LogP contribution in [0.1, 0.15) is 54.3 Å². The minimum absolute atomic E-state index is 0.285. The highest BCUT2D eigenvalue weighted by atomic mass is 32.1. The molecule has 6 nitrogen and oxygen atoms in total. The minimum Gasteiger partial charge on any atom is -0.356 e. The molecule has 1 N–H and O–H groups in total. The van der Waals surface area contributed by atoms with E-state index in [0.29, 0.717) is 16.9 Å². The van der Waals surface area contributed by atoms with E-state index in [0.717, 1.165) is 74.2 Å². The van der Waals surface area contributed by atoms with E-state index in [1.165, 1.54) is 17.6 Å². The lowest BCUT2D eigenvalue weighted by Crippen LogP contribution is -2.35. The van der Waals surface area contributed by atoms with Gasteiger partial charge in [0.2, 0.25) is 0 Å². The largest absolute Gasteiger partial charge is 0.393 e. The van der Waals surface area contributed by atoms with Crippen molar-refractivity contribution in [3.8, 4) is 0 Å². The van der Waals surface area contributed by atoms with E-state index >= 15 is 0 Å². The molecular weight excluding hydrogens is 437 g/mol. The Kier molecular flexibility index (Phi) is 5.83. The molecule has 1 aliphatic carbocycles. The first-order valence-corrected chi connectivity index (χ1v) is 12.0. The van der Waals surface area contributed by atoms with Crippen molar-refractivity contribution in [1.29, 1.82) is 0 Å². The number of halogens is 3. The second-order valence-corrected chi connectivity index (χ2v) is 9.97. The number of nitrogens with one attached hydrogen (secondary N) is 1. The van der Waals surface area contributed by atoms with Gasteiger partial charge in [0.1, 0.15) is 17.0 Å². The fraction of sp³-hybridized carbons (Fsp3) is 0.591. The van der Waals surface area contributed by atoms with Crippen molar-refractivity contribution in [1.82, 2.24) is 25.1 Å². The highest BCUT2D eigenvalue weighted by molar-refractivity contribution is 7.18. The molecule has 3 aromatic heterocycles. The second kappa shape index (κ2) is 8.62. The molecule has 10 heteroatoms. The molecule has 1 aliphatic heterocycles. The van der Waals surface area contributed by atoms with Crippen LogP contribution < -0.4 is 10.2 Å². The molecule has 3 aromatic rings. The van der Waals surface area contributed by atoms with Crippen LogP contribution in [0, 0.1) is 0 Å². The molecule has 172 valence electrons. The molecule has 0 radical (unpaired) electrons. The summed E-state index contributed by atoms with van der Waals surface area (Å²) in [6, 6.07) is 2.36. The Labute approximate surface area is 188 Å².